The molecule has 1 heterocycles. The van der Waals surface area contributed by atoms with Crippen LogP contribution in [0, 0.1) is 6.92 Å². The van der Waals surface area contributed by atoms with Crippen LogP contribution in [0.4, 0.5) is 3.89 Å². The highest BCUT2D eigenvalue weighted by Crippen LogP contribution is 2.34. The molecular weight excluding hydrogens is 383 g/mol. The first-order valence-corrected chi connectivity index (χ1v) is 10.1. The molecule has 0 radical (unpaired) electrons. The standard InChI is InChI=1S/C16H13FN2O5S2/c1-11-15(16(18-24-11)13-5-3-2-4-6-13)12-7-9-14(10-8-12)25(20,21)19-26(17,22)23/h2-10,19H,1H3. The Morgan fingerprint density at radius 1 is 0.923 bits per heavy atom. The van der Waals surface area contributed by atoms with E-state index in [2.05, 4.69) is 5.16 Å². The van der Waals surface area contributed by atoms with Gasteiger partial charge in [0.1, 0.15) is 11.5 Å². The Bertz CT molecular complexity index is 1140. The highest BCUT2D eigenvalue weighted by molar-refractivity contribution is 8.02. The topological polar surface area (TPSA) is 106 Å². The molecule has 0 amide bonds. The third kappa shape index (κ3) is 3.82. The zero-order valence-electron chi connectivity index (χ0n) is 13.4. The molecule has 0 aliphatic carbocycles. The highest BCUT2D eigenvalue weighted by atomic mass is 32.3. The number of aromatic nitrogens is 1. The SMILES string of the molecule is Cc1onc(-c2ccccc2)c1-c1ccc(S(=O)(=O)NS(=O)(=O)F)cc1. The van der Waals surface area contributed by atoms with Crippen LogP contribution < -0.4 is 4.13 Å². The molecule has 1 N–H and O–H groups in total. The molecule has 136 valence electrons. The zero-order valence-corrected chi connectivity index (χ0v) is 15.0. The second kappa shape index (κ2) is 6.63. The Morgan fingerprint density at radius 3 is 2.12 bits per heavy atom. The Labute approximate surface area is 149 Å². The molecule has 0 saturated heterocycles. The Kier molecular flexibility index (Phi) is 4.65. The van der Waals surface area contributed by atoms with Crippen LogP contribution >= 0.6 is 0 Å². The maximum Gasteiger partial charge on any atom is 0.385 e. The summed E-state index contributed by atoms with van der Waals surface area (Å²) in [5, 5.41) is 4.05. The van der Waals surface area contributed by atoms with Crippen molar-refractivity contribution < 1.29 is 25.2 Å². The van der Waals surface area contributed by atoms with Gasteiger partial charge in [-0.3, -0.25) is 0 Å². The molecule has 0 unspecified atom stereocenters. The molecule has 10 heteroatoms. The van der Waals surface area contributed by atoms with Crippen LogP contribution in [-0.4, -0.2) is 22.0 Å². The number of halogens is 1. The highest BCUT2D eigenvalue weighted by Gasteiger charge is 2.23. The minimum atomic E-state index is -5.40. The first-order valence-electron chi connectivity index (χ1n) is 7.28. The molecule has 0 aliphatic heterocycles. The van der Waals surface area contributed by atoms with E-state index in [0.29, 0.717) is 22.6 Å². The summed E-state index contributed by atoms with van der Waals surface area (Å²) in [6, 6.07) is 14.5. The van der Waals surface area contributed by atoms with Gasteiger partial charge in [0.2, 0.25) is 0 Å². The molecule has 0 saturated carbocycles. The van der Waals surface area contributed by atoms with Crippen molar-refractivity contribution in [3.8, 4) is 22.4 Å². The Balaban J connectivity index is 2.02. The monoisotopic (exact) mass is 396 g/mol. The summed E-state index contributed by atoms with van der Waals surface area (Å²) in [7, 11) is -9.92. The molecule has 3 aromatic rings. The number of rotatable bonds is 5. The van der Waals surface area contributed by atoms with Crippen LogP contribution in [0.5, 0.6) is 0 Å². The van der Waals surface area contributed by atoms with E-state index in [9.17, 15) is 20.7 Å². The van der Waals surface area contributed by atoms with Crippen LogP contribution in [0.2, 0.25) is 0 Å². The van der Waals surface area contributed by atoms with Gasteiger partial charge < -0.3 is 4.52 Å². The van der Waals surface area contributed by atoms with Gasteiger partial charge in [0, 0.05) is 5.56 Å². The minimum Gasteiger partial charge on any atom is -0.360 e. The molecule has 0 aliphatic rings. The zero-order chi connectivity index (χ0) is 18.9. The summed E-state index contributed by atoms with van der Waals surface area (Å²) in [5.41, 5.74) is 2.69. The van der Waals surface area contributed by atoms with E-state index in [1.165, 1.54) is 24.3 Å². The average molecular weight is 396 g/mol. The second-order valence-corrected chi connectivity index (χ2v) is 8.40. The summed E-state index contributed by atoms with van der Waals surface area (Å²) < 4.78 is 63.6. The summed E-state index contributed by atoms with van der Waals surface area (Å²) in [5.74, 6) is 0.531. The predicted octanol–water partition coefficient (Wildman–Crippen LogP) is 2.81. The van der Waals surface area contributed by atoms with Gasteiger partial charge in [0.05, 0.1) is 10.5 Å². The number of aryl methyl sites for hydroxylation is 1. The molecule has 0 atom stereocenters. The summed E-state index contributed by atoms with van der Waals surface area (Å²) in [6.45, 7) is 1.72. The van der Waals surface area contributed by atoms with Crippen LogP contribution in [0.3, 0.4) is 0 Å². The van der Waals surface area contributed by atoms with E-state index in [4.69, 9.17) is 4.52 Å². The van der Waals surface area contributed by atoms with Crippen molar-refractivity contribution in [2.75, 3.05) is 0 Å². The summed E-state index contributed by atoms with van der Waals surface area (Å²) in [4.78, 5) is -0.391. The van der Waals surface area contributed by atoms with E-state index in [0.717, 1.165) is 9.69 Å². The van der Waals surface area contributed by atoms with Gasteiger partial charge >= 0.3 is 10.4 Å². The van der Waals surface area contributed by atoms with Crippen molar-refractivity contribution in [3.05, 3.63) is 60.4 Å². The van der Waals surface area contributed by atoms with E-state index in [1.807, 2.05) is 30.3 Å². The van der Waals surface area contributed by atoms with Crippen molar-refractivity contribution in [2.45, 2.75) is 11.8 Å². The second-order valence-electron chi connectivity index (χ2n) is 5.38. The number of hydrogen-bond acceptors (Lipinski definition) is 6. The number of nitrogens with one attached hydrogen (secondary N) is 1. The first kappa shape index (κ1) is 18.2. The summed E-state index contributed by atoms with van der Waals surface area (Å²) >= 11 is 0. The van der Waals surface area contributed by atoms with Crippen molar-refractivity contribution in [1.29, 1.82) is 0 Å². The smallest absolute Gasteiger partial charge is 0.360 e. The van der Waals surface area contributed by atoms with Crippen LogP contribution in [0.25, 0.3) is 22.4 Å². The molecule has 3 rings (SSSR count). The largest absolute Gasteiger partial charge is 0.385 e. The van der Waals surface area contributed by atoms with Gasteiger partial charge in [-0.05, 0) is 24.6 Å². The Morgan fingerprint density at radius 2 is 1.54 bits per heavy atom. The summed E-state index contributed by atoms with van der Waals surface area (Å²) in [6.07, 6.45) is 0. The lowest BCUT2D eigenvalue weighted by atomic mass is 10.00. The lowest BCUT2D eigenvalue weighted by molar-refractivity contribution is 0.400. The van der Waals surface area contributed by atoms with Gasteiger partial charge in [-0.25, -0.2) is 8.42 Å². The third-order valence-electron chi connectivity index (χ3n) is 3.57. The first-order chi connectivity index (χ1) is 12.2. The maximum atomic E-state index is 12.6. The number of nitrogens with zero attached hydrogens (tertiary/aromatic N) is 1. The van der Waals surface area contributed by atoms with Crippen LogP contribution in [-0.2, 0) is 20.4 Å². The van der Waals surface area contributed by atoms with Gasteiger partial charge in [0.25, 0.3) is 10.0 Å². The maximum absolute atomic E-state index is 12.6. The number of benzene rings is 2. The molecule has 2 aromatic carbocycles. The molecule has 0 bridgehead atoms. The van der Waals surface area contributed by atoms with E-state index in [-0.39, 0.29) is 0 Å². The minimum absolute atomic E-state index is 0.391. The number of hydrogen-bond donors (Lipinski definition) is 1. The fraction of sp³-hybridized carbons (Fsp3) is 0.0625. The van der Waals surface area contributed by atoms with Crippen LogP contribution in [0.1, 0.15) is 5.76 Å². The lowest BCUT2D eigenvalue weighted by Crippen LogP contribution is -2.27. The molecule has 26 heavy (non-hydrogen) atoms. The van der Waals surface area contributed by atoms with Crippen molar-refractivity contribution in [2.24, 2.45) is 0 Å². The normalized spacial score (nSPS) is 12.2. The quantitative estimate of drug-likeness (QED) is 0.665. The van der Waals surface area contributed by atoms with Crippen molar-refractivity contribution in [3.63, 3.8) is 0 Å². The average Bonchev–Trinajstić information content (AvgIpc) is 2.95. The van der Waals surface area contributed by atoms with Gasteiger partial charge in [-0.1, -0.05) is 55.6 Å². The van der Waals surface area contributed by atoms with E-state index in [1.54, 1.807) is 6.92 Å². The number of sulfonamides is 1. The van der Waals surface area contributed by atoms with E-state index < -0.39 is 25.3 Å². The van der Waals surface area contributed by atoms with Gasteiger partial charge in [-0.15, -0.1) is 0 Å². The molecule has 1 aromatic heterocycles. The third-order valence-corrected chi connectivity index (χ3v) is 6.14. The van der Waals surface area contributed by atoms with Crippen molar-refractivity contribution in [1.82, 2.24) is 9.28 Å². The lowest BCUT2D eigenvalue weighted by Gasteiger charge is -2.06. The Hall–Kier alpha value is -2.56. The van der Waals surface area contributed by atoms with Crippen LogP contribution in [0.15, 0.2) is 64.0 Å². The molecule has 7 nitrogen and oxygen atoms in total. The van der Waals surface area contributed by atoms with Gasteiger partial charge in [0.15, 0.2) is 0 Å². The van der Waals surface area contributed by atoms with Gasteiger partial charge in [-0.2, -0.15) is 8.42 Å². The molecule has 0 fully saturated rings. The molecule has 0 spiro atoms. The fourth-order valence-corrected chi connectivity index (χ4v) is 4.41. The predicted molar refractivity (Wildman–Crippen MR) is 92.5 cm³/mol. The van der Waals surface area contributed by atoms with E-state index >= 15 is 0 Å². The molecular formula is C16H13FN2O5S2. The van der Waals surface area contributed by atoms with Crippen molar-refractivity contribution >= 4 is 20.4 Å². The fourth-order valence-electron chi connectivity index (χ4n) is 2.49.